The molecule has 2 aliphatic rings. The lowest BCUT2D eigenvalue weighted by molar-refractivity contribution is -0.123. The third kappa shape index (κ3) is 4.56. The Balaban J connectivity index is 1.54. The van der Waals surface area contributed by atoms with Crippen molar-refractivity contribution < 1.29 is 9.59 Å². The van der Waals surface area contributed by atoms with Gasteiger partial charge in [0.25, 0.3) is 0 Å². The molecule has 37 heavy (non-hydrogen) atoms. The minimum absolute atomic E-state index is 0.135. The predicted octanol–water partition coefficient (Wildman–Crippen LogP) is 4.53. The summed E-state index contributed by atoms with van der Waals surface area (Å²) in [6, 6.07) is 13.7. The monoisotopic (exact) mass is 493 g/mol. The number of nitrogens with zero attached hydrogens (tertiary/aromatic N) is 6. The Hall–Kier alpha value is -4.50. The summed E-state index contributed by atoms with van der Waals surface area (Å²) < 4.78 is 1.80. The Bertz CT molecular complexity index is 1440. The molecule has 2 amide bonds. The van der Waals surface area contributed by atoms with E-state index in [1.807, 2.05) is 30.5 Å². The number of anilines is 2. The molecule has 1 aromatic carbocycles. The normalized spacial score (nSPS) is 18.9. The number of aromatic nitrogens is 3. The van der Waals surface area contributed by atoms with Gasteiger partial charge < -0.3 is 10.2 Å². The van der Waals surface area contributed by atoms with Crippen LogP contribution in [0.4, 0.5) is 11.4 Å². The quantitative estimate of drug-likeness (QED) is 0.459. The third-order valence-electron chi connectivity index (χ3n) is 7.14. The zero-order valence-electron chi connectivity index (χ0n) is 20.6. The highest BCUT2D eigenvalue weighted by atomic mass is 16.2. The number of nitrogens with one attached hydrogen (secondary N) is 1. The van der Waals surface area contributed by atoms with E-state index >= 15 is 0 Å². The van der Waals surface area contributed by atoms with E-state index in [1.165, 1.54) is 6.92 Å². The molecule has 3 heterocycles. The summed E-state index contributed by atoms with van der Waals surface area (Å²) in [6.45, 7) is 2.57. The van der Waals surface area contributed by atoms with E-state index in [4.69, 9.17) is 5.26 Å². The standard InChI is InChI=1S/C28H27N7O2/c1-19(36)33-24-6-4-5-23(20-16-32-34(17-20)13-3-2-11-29)26(24)25-15-22(9-12-31-25)35-14-10-28(18-30,27(35)37)21-7-8-21/h4-6,9,12,15-17,21H,2-3,7-8,10,13-14H2,1H3,(H,33,36)/t28-/m1/s1. The predicted molar refractivity (Wildman–Crippen MR) is 138 cm³/mol. The number of pyridine rings is 1. The largest absolute Gasteiger partial charge is 0.326 e. The smallest absolute Gasteiger partial charge is 0.247 e. The molecule has 0 spiro atoms. The number of carbonyl (C=O) groups is 2. The Labute approximate surface area is 215 Å². The molecule has 2 aromatic heterocycles. The van der Waals surface area contributed by atoms with Crippen LogP contribution < -0.4 is 10.2 Å². The summed E-state index contributed by atoms with van der Waals surface area (Å²) >= 11 is 0. The fourth-order valence-corrected chi connectivity index (χ4v) is 5.17. The molecule has 1 saturated carbocycles. The number of benzene rings is 1. The number of aryl methyl sites for hydroxylation is 1. The van der Waals surface area contributed by atoms with Crippen LogP contribution in [0.3, 0.4) is 0 Å². The van der Waals surface area contributed by atoms with E-state index in [0.717, 1.165) is 29.5 Å². The molecule has 1 atom stereocenters. The molecular weight excluding hydrogens is 466 g/mol. The second-order valence-electron chi connectivity index (χ2n) is 9.63. The van der Waals surface area contributed by atoms with Crippen molar-refractivity contribution in [2.75, 3.05) is 16.8 Å². The van der Waals surface area contributed by atoms with Crippen LogP contribution in [0.25, 0.3) is 22.4 Å². The molecule has 186 valence electrons. The average Bonchev–Trinajstić information content (AvgIpc) is 3.55. The van der Waals surface area contributed by atoms with Crippen LogP contribution in [-0.2, 0) is 16.1 Å². The van der Waals surface area contributed by atoms with Crippen LogP contribution in [0.15, 0.2) is 48.9 Å². The fourth-order valence-electron chi connectivity index (χ4n) is 5.17. The van der Waals surface area contributed by atoms with Gasteiger partial charge in [0.05, 0.1) is 29.7 Å². The summed E-state index contributed by atoms with van der Waals surface area (Å²) in [5.41, 5.74) is 3.36. The van der Waals surface area contributed by atoms with E-state index in [9.17, 15) is 14.9 Å². The van der Waals surface area contributed by atoms with E-state index in [1.54, 1.807) is 28.0 Å². The number of amides is 2. The fraction of sp³-hybridized carbons (Fsp3) is 0.357. The number of hydrogen-bond acceptors (Lipinski definition) is 6. The molecular formula is C28H27N7O2. The molecule has 0 unspecified atom stereocenters. The van der Waals surface area contributed by atoms with Crippen molar-refractivity contribution in [3.05, 3.63) is 48.9 Å². The van der Waals surface area contributed by atoms with Crippen LogP contribution in [0.1, 0.15) is 39.0 Å². The molecule has 3 aromatic rings. The number of hydrogen-bond donors (Lipinski definition) is 1. The van der Waals surface area contributed by atoms with Crippen molar-refractivity contribution in [1.29, 1.82) is 10.5 Å². The maximum absolute atomic E-state index is 13.4. The van der Waals surface area contributed by atoms with Gasteiger partial charge >= 0.3 is 0 Å². The summed E-state index contributed by atoms with van der Waals surface area (Å²) in [4.78, 5) is 31.7. The highest BCUT2D eigenvalue weighted by Gasteiger charge is 2.56. The van der Waals surface area contributed by atoms with Crippen molar-refractivity contribution in [2.24, 2.45) is 11.3 Å². The van der Waals surface area contributed by atoms with Gasteiger partial charge in [0, 0.05) is 55.6 Å². The van der Waals surface area contributed by atoms with Crippen LogP contribution in [-0.4, -0.2) is 33.1 Å². The Morgan fingerprint density at radius 3 is 2.84 bits per heavy atom. The molecule has 9 heteroatoms. The number of rotatable bonds is 8. The summed E-state index contributed by atoms with van der Waals surface area (Å²) in [6.07, 6.45) is 8.86. The van der Waals surface area contributed by atoms with Gasteiger partial charge in [-0.05, 0) is 55.4 Å². The van der Waals surface area contributed by atoms with Crippen molar-refractivity contribution in [2.45, 2.75) is 45.6 Å². The van der Waals surface area contributed by atoms with Crippen molar-refractivity contribution in [1.82, 2.24) is 14.8 Å². The van der Waals surface area contributed by atoms with Gasteiger partial charge in [-0.15, -0.1) is 0 Å². The SMILES string of the molecule is CC(=O)Nc1cccc(-c2cnn(CCCC#N)c2)c1-c1cc(N2CC[C@@](C#N)(C3CC3)C2=O)ccn1. The summed E-state index contributed by atoms with van der Waals surface area (Å²) in [5.74, 6) is -0.198. The van der Waals surface area contributed by atoms with Crippen molar-refractivity contribution in [3.63, 3.8) is 0 Å². The van der Waals surface area contributed by atoms with E-state index < -0.39 is 5.41 Å². The molecule has 5 rings (SSSR count). The lowest BCUT2D eigenvalue weighted by atomic mass is 9.83. The lowest BCUT2D eigenvalue weighted by Gasteiger charge is -2.22. The van der Waals surface area contributed by atoms with Crippen LogP contribution in [0.2, 0.25) is 0 Å². The molecule has 1 N–H and O–H groups in total. The van der Waals surface area contributed by atoms with Gasteiger partial charge in [-0.1, -0.05) is 12.1 Å². The van der Waals surface area contributed by atoms with Crippen LogP contribution in [0.5, 0.6) is 0 Å². The molecule has 2 fully saturated rings. The van der Waals surface area contributed by atoms with Gasteiger partial charge in [-0.2, -0.15) is 15.6 Å². The number of unbranched alkanes of at least 4 members (excludes halogenated alkanes) is 1. The second kappa shape index (κ2) is 9.87. The summed E-state index contributed by atoms with van der Waals surface area (Å²) in [5, 5.41) is 26.0. The van der Waals surface area contributed by atoms with Gasteiger partial charge in [0.1, 0.15) is 5.41 Å². The minimum atomic E-state index is -0.928. The first kappa shape index (κ1) is 24.2. The first-order chi connectivity index (χ1) is 18.0. The maximum Gasteiger partial charge on any atom is 0.247 e. The zero-order chi connectivity index (χ0) is 26.0. The van der Waals surface area contributed by atoms with Gasteiger partial charge in [-0.25, -0.2) is 0 Å². The molecule has 1 aliphatic carbocycles. The lowest BCUT2D eigenvalue weighted by Crippen LogP contribution is -2.35. The van der Waals surface area contributed by atoms with E-state index in [2.05, 4.69) is 27.5 Å². The second-order valence-corrected chi connectivity index (χ2v) is 9.63. The molecule has 1 aliphatic heterocycles. The topological polar surface area (TPSA) is 128 Å². The first-order valence-corrected chi connectivity index (χ1v) is 12.5. The molecule has 0 radical (unpaired) electrons. The van der Waals surface area contributed by atoms with Crippen molar-refractivity contribution >= 4 is 23.2 Å². The molecule has 0 bridgehead atoms. The number of carbonyl (C=O) groups excluding carboxylic acids is 2. The van der Waals surface area contributed by atoms with Crippen LogP contribution >= 0.6 is 0 Å². The Kier molecular flexibility index (Phi) is 6.45. The third-order valence-corrected chi connectivity index (χ3v) is 7.14. The van der Waals surface area contributed by atoms with E-state index in [-0.39, 0.29) is 17.7 Å². The minimum Gasteiger partial charge on any atom is -0.326 e. The maximum atomic E-state index is 13.4. The average molecular weight is 494 g/mol. The highest BCUT2D eigenvalue weighted by molar-refractivity contribution is 6.03. The first-order valence-electron chi connectivity index (χ1n) is 12.5. The van der Waals surface area contributed by atoms with Crippen molar-refractivity contribution in [3.8, 4) is 34.5 Å². The van der Waals surface area contributed by atoms with E-state index in [0.29, 0.717) is 49.4 Å². The summed E-state index contributed by atoms with van der Waals surface area (Å²) in [7, 11) is 0. The molecule has 1 saturated heterocycles. The Morgan fingerprint density at radius 1 is 1.27 bits per heavy atom. The zero-order valence-corrected chi connectivity index (χ0v) is 20.6. The van der Waals surface area contributed by atoms with Crippen LogP contribution in [0, 0.1) is 34.0 Å². The molecule has 9 nitrogen and oxygen atoms in total. The number of nitriles is 2. The van der Waals surface area contributed by atoms with Gasteiger partial charge in [0.15, 0.2) is 0 Å². The Morgan fingerprint density at radius 2 is 2.11 bits per heavy atom. The van der Waals surface area contributed by atoms with Gasteiger partial charge in [0.2, 0.25) is 11.8 Å². The van der Waals surface area contributed by atoms with Gasteiger partial charge in [-0.3, -0.25) is 19.3 Å². The highest BCUT2D eigenvalue weighted by Crippen LogP contribution is 2.52.